The molecule has 0 aliphatic carbocycles. The number of fused-ring (bicyclic) bond motifs is 7. The lowest BCUT2D eigenvalue weighted by atomic mass is 9.85. The van der Waals surface area contributed by atoms with E-state index in [2.05, 4.69) is 217 Å². The third kappa shape index (κ3) is 5.86. The number of hydrogen-bond acceptors (Lipinski definition) is 4. The molecule has 0 bridgehead atoms. The lowest BCUT2D eigenvalue weighted by Gasteiger charge is -2.19. The minimum Gasteiger partial charge on any atom is -0.292 e. The standard InChI is InChI=1S/C59H36N4S/c1-3-16-39(17-4-1)56-55-48-23-11-14-26-52(48)64-59(55)62-57(61-56)43-31-34-47-49(36-43)53(45-21-9-10-22-46(45)54(47)42-28-27-37-15-7-8-20-41(37)35-42)38-29-32-44(33-30-38)63-51-25-13-12-24-50(51)60-58(63)40-18-5-2-6-19-40/h1-36H. The van der Waals surface area contributed by atoms with Crippen molar-refractivity contribution in [3.05, 3.63) is 218 Å². The number of para-hydroxylation sites is 2. The van der Waals surface area contributed by atoms with E-state index in [0.29, 0.717) is 5.82 Å². The van der Waals surface area contributed by atoms with Crippen molar-refractivity contribution in [2.45, 2.75) is 0 Å². The van der Waals surface area contributed by atoms with E-state index in [1.807, 2.05) is 6.07 Å². The molecule has 13 rings (SSSR count). The molecule has 0 saturated heterocycles. The summed E-state index contributed by atoms with van der Waals surface area (Å²) in [5.41, 5.74) is 11.9. The second-order valence-electron chi connectivity index (χ2n) is 16.3. The van der Waals surface area contributed by atoms with Crippen molar-refractivity contribution < 1.29 is 0 Å². The Balaban J connectivity index is 1.07. The SMILES string of the molecule is c1ccc(-c2nc(-c3ccc4c(-c5ccc6ccccc6c5)c5ccccc5c(-c5ccc(-n6c(-c7ccccc7)nc7ccccc76)cc5)c4c3)nc3sc4ccccc4c23)cc1. The third-order valence-corrected chi connectivity index (χ3v) is 13.7. The highest BCUT2D eigenvalue weighted by Crippen LogP contribution is 2.46. The molecule has 0 fully saturated rings. The molecule has 0 spiro atoms. The molecular weight excluding hydrogens is 797 g/mol. The van der Waals surface area contributed by atoms with Crippen molar-refractivity contribution in [3.8, 4) is 62.0 Å². The van der Waals surface area contributed by atoms with E-state index >= 15 is 0 Å². The van der Waals surface area contributed by atoms with E-state index in [1.54, 1.807) is 11.3 Å². The molecule has 5 heteroatoms. The number of aromatic nitrogens is 4. The van der Waals surface area contributed by atoms with E-state index in [4.69, 9.17) is 15.0 Å². The summed E-state index contributed by atoms with van der Waals surface area (Å²) in [7, 11) is 0. The van der Waals surface area contributed by atoms with Gasteiger partial charge in [0.2, 0.25) is 0 Å². The smallest absolute Gasteiger partial charge is 0.161 e. The average Bonchev–Trinajstić information content (AvgIpc) is 3.95. The van der Waals surface area contributed by atoms with Gasteiger partial charge in [-0.3, -0.25) is 4.57 Å². The fraction of sp³-hybridized carbons (Fsp3) is 0. The molecule has 3 aromatic heterocycles. The van der Waals surface area contributed by atoms with Crippen molar-refractivity contribution in [2.75, 3.05) is 0 Å². The summed E-state index contributed by atoms with van der Waals surface area (Å²) in [4.78, 5) is 16.9. The zero-order valence-electron chi connectivity index (χ0n) is 34.5. The molecule has 0 aliphatic heterocycles. The molecule has 0 saturated carbocycles. The Morgan fingerprint density at radius 3 is 1.78 bits per heavy atom. The maximum atomic E-state index is 5.44. The Bertz CT molecular complexity index is 3940. The maximum Gasteiger partial charge on any atom is 0.161 e. The Kier molecular flexibility index (Phi) is 8.36. The van der Waals surface area contributed by atoms with Crippen LogP contribution in [0.25, 0.3) is 126 Å². The van der Waals surface area contributed by atoms with Crippen LogP contribution in [0.15, 0.2) is 218 Å². The molecule has 13 aromatic rings. The largest absolute Gasteiger partial charge is 0.292 e. The minimum atomic E-state index is 0.710. The topological polar surface area (TPSA) is 43.6 Å². The second kappa shape index (κ2) is 14.7. The predicted molar refractivity (Wildman–Crippen MR) is 269 cm³/mol. The molecule has 3 heterocycles. The molecule has 0 amide bonds. The summed E-state index contributed by atoms with van der Waals surface area (Å²) in [6, 6.07) is 78.1. The Hall–Kier alpha value is -8.25. The van der Waals surface area contributed by atoms with E-state index in [0.717, 1.165) is 66.1 Å². The zero-order valence-corrected chi connectivity index (χ0v) is 35.3. The highest BCUT2D eigenvalue weighted by atomic mass is 32.1. The lowest BCUT2D eigenvalue weighted by Crippen LogP contribution is -1.98. The van der Waals surface area contributed by atoms with Crippen LogP contribution in [0.1, 0.15) is 0 Å². The number of imidazole rings is 1. The fourth-order valence-electron chi connectivity index (χ4n) is 9.69. The highest BCUT2D eigenvalue weighted by molar-refractivity contribution is 7.25. The average molecular weight is 833 g/mol. The molecule has 0 N–H and O–H groups in total. The Labute approximate surface area is 373 Å². The first-order valence-corrected chi connectivity index (χ1v) is 22.4. The highest BCUT2D eigenvalue weighted by Gasteiger charge is 2.22. The first kappa shape index (κ1) is 36.4. The van der Waals surface area contributed by atoms with Gasteiger partial charge in [-0.1, -0.05) is 176 Å². The molecule has 64 heavy (non-hydrogen) atoms. The number of hydrogen-bond donors (Lipinski definition) is 0. The predicted octanol–water partition coefficient (Wildman–Crippen LogP) is 16.0. The van der Waals surface area contributed by atoms with Crippen LogP contribution >= 0.6 is 11.3 Å². The molecule has 4 nitrogen and oxygen atoms in total. The van der Waals surface area contributed by atoms with Gasteiger partial charge in [-0.2, -0.15) is 0 Å². The van der Waals surface area contributed by atoms with Gasteiger partial charge in [-0.15, -0.1) is 11.3 Å². The van der Waals surface area contributed by atoms with Crippen molar-refractivity contribution in [1.29, 1.82) is 0 Å². The van der Waals surface area contributed by atoms with Crippen LogP contribution in [-0.2, 0) is 0 Å². The Morgan fingerprint density at radius 1 is 0.375 bits per heavy atom. The number of nitrogens with zero attached hydrogens (tertiary/aromatic N) is 4. The van der Waals surface area contributed by atoms with Crippen LogP contribution in [0.2, 0.25) is 0 Å². The molecule has 0 unspecified atom stereocenters. The summed E-state index contributed by atoms with van der Waals surface area (Å²) in [6.45, 7) is 0. The molecule has 0 radical (unpaired) electrons. The number of rotatable bonds is 6. The van der Waals surface area contributed by atoms with E-state index in [-0.39, 0.29) is 0 Å². The van der Waals surface area contributed by atoms with Gasteiger partial charge in [0, 0.05) is 37.9 Å². The van der Waals surface area contributed by atoms with Gasteiger partial charge in [-0.05, 0) is 97.0 Å². The van der Waals surface area contributed by atoms with Gasteiger partial charge in [0.15, 0.2) is 5.82 Å². The van der Waals surface area contributed by atoms with Gasteiger partial charge >= 0.3 is 0 Å². The van der Waals surface area contributed by atoms with Crippen LogP contribution in [0.5, 0.6) is 0 Å². The molecular formula is C59H36N4S. The van der Waals surface area contributed by atoms with Crippen molar-refractivity contribution in [2.24, 2.45) is 0 Å². The second-order valence-corrected chi connectivity index (χ2v) is 17.4. The fourth-order valence-corrected chi connectivity index (χ4v) is 10.8. The van der Waals surface area contributed by atoms with E-state index in [9.17, 15) is 0 Å². The summed E-state index contributed by atoms with van der Waals surface area (Å²) in [5.74, 6) is 1.63. The molecule has 0 atom stereocenters. The van der Waals surface area contributed by atoms with Crippen LogP contribution < -0.4 is 0 Å². The van der Waals surface area contributed by atoms with E-state index < -0.39 is 0 Å². The van der Waals surface area contributed by atoms with Crippen molar-refractivity contribution in [1.82, 2.24) is 19.5 Å². The zero-order chi connectivity index (χ0) is 42.1. The molecule has 298 valence electrons. The van der Waals surface area contributed by atoms with Crippen LogP contribution in [-0.4, -0.2) is 19.5 Å². The molecule has 10 aromatic carbocycles. The number of thiophene rings is 1. The quantitative estimate of drug-likeness (QED) is 0.157. The van der Waals surface area contributed by atoms with Crippen LogP contribution in [0, 0.1) is 0 Å². The van der Waals surface area contributed by atoms with Gasteiger partial charge < -0.3 is 0 Å². The number of benzene rings is 10. The summed E-state index contributed by atoms with van der Waals surface area (Å²) in [5, 5.41) is 9.44. The van der Waals surface area contributed by atoms with Crippen LogP contribution in [0.4, 0.5) is 0 Å². The Morgan fingerprint density at radius 2 is 0.984 bits per heavy atom. The normalized spacial score (nSPS) is 11.8. The first-order valence-electron chi connectivity index (χ1n) is 21.6. The third-order valence-electron chi connectivity index (χ3n) is 12.6. The van der Waals surface area contributed by atoms with Crippen LogP contribution in [0.3, 0.4) is 0 Å². The summed E-state index contributed by atoms with van der Waals surface area (Å²) >= 11 is 1.73. The minimum absolute atomic E-state index is 0.710. The first-order chi connectivity index (χ1) is 31.7. The van der Waals surface area contributed by atoms with Crippen molar-refractivity contribution >= 4 is 75.0 Å². The van der Waals surface area contributed by atoms with Gasteiger partial charge in [-0.25, -0.2) is 15.0 Å². The lowest BCUT2D eigenvalue weighted by molar-refractivity contribution is 1.10. The summed E-state index contributed by atoms with van der Waals surface area (Å²) < 4.78 is 3.48. The van der Waals surface area contributed by atoms with Gasteiger partial charge in [0.05, 0.1) is 16.7 Å². The van der Waals surface area contributed by atoms with Gasteiger partial charge in [0.25, 0.3) is 0 Å². The summed E-state index contributed by atoms with van der Waals surface area (Å²) in [6.07, 6.45) is 0. The van der Waals surface area contributed by atoms with Crippen molar-refractivity contribution in [3.63, 3.8) is 0 Å². The maximum absolute atomic E-state index is 5.44. The molecule has 0 aliphatic rings. The monoisotopic (exact) mass is 832 g/mol. The van der Waals surface area contributed by atoms with Gasteiger partial charge in [0.1, 0.15) is 10.7 Å². The van der Waals surface area contributed by atoms with E-state index in [1.165, 1.54) is 53.7 Å².